The number of hydrogen-bond acceptors (Lipinski definition) is 15. The van der Waals surface area contributed by atoms with E-state index in [0.29, 0.717) is 25.7 Å². The lowest BCUT2D eigenvalue weighted by Crippen LogP contribution is -2.30. The Hall–Kier alpha value is -1.94. The third kappa shape index (κ3) is 70.5. The van der Waals surface area contributed by atoms with Crippen molar-refractivity contribution in [3.8, 4) is 0 Å². The average molecular weight is 1410 g/mol. The molecule has 0 aromatic heterocycles. The van der Waals surface area contributed by atoms with Crippen LogP contribution in [0.5, 0.6) is 0 Å². The fourth-order valence-corrected chi connectivity index (χ4v) is 13.4. The number of carbonyl (C=O) groups is 4. The first kappa shape index (κ1) is 94.1. The zero-order chi connectivity index (χ0) is 70.7. The molecule has 96 heavy (non-hydrogen) atoms. The van der Waals surface area contributed by atoms with Gasteiger partial charge in [-0.05, 0) is 37.5 Å². The molecule has 0 amide bonds. The molecule has 0 saturated carbocycles. The van der Waals surface area contributed by atoms with Crippen molar-refractivity contribution >= 4 is 39.5 Å². The summed E-state index contributed by atoms with van der Waals surface area (Å²) < 4.78 is 68.6. The van der Waals surface area contributed by atoms with E-state index < -0.39 is 97.5 Å². The van der Waals surface area contributed by atoms with E-state index >= 15 is 0 Å². The average Bonchev–Trinajstić information content (AvgIpc) is 2.72. The topological polar surface area (TPSA) is 237 Å². The Kier molecular flexibility index (Phi) is 67.4. The van der Waals surface area contributed by atoms with Gasteiger partial charge in [0.15, 0.2) is 12.2 Å². The maximum Gasteiger partial charge on any atom is 0.472 e. The number of aliphatic hydroxyl groups is 1. The van der Waals surface area contributed by atoms with Crippen LogP contribution in [0.25, 0.3) is 0 Å². The summed E-state index contributed by atoms with van der Waals surface area (Å²) in [7, 11) is -9.91. The van der Waals surface area contributed by atoms with Crippen LogP contribution in [-0.2, 0) is 65.4 Å². The van der Waals surface area contributed by atoms with E-state index in [2.05, 4.69) is 41.5 Å². The van der Waals surface area contributed by atoms with Crippen LogP contribution in [0.4, 0.5) is 0 Å². The van der Waals surface area contributed by atoms with Crippen LogP contribution in [0.2, 0.25) is 0 Å². The number of rotatable bonds is 76. The van der Waals surface area contributed by atoms with Gasteiger partial charge in [0.2, 0.25) is 0 Å². The molecule has 19 heteroatoms. The standard InChI is InChI=1S/C77H150O17P2/c1-7-9-11-13-15-17-19-20-25-29-36-42-48-54-60-75(80)88-66-72(93-76(81)61-55-49-43-37-30-26-23-21-22-24-28-33-39-45-51-57-69(3)4)67-91-95(83,84)89-63-71(78)64-90-96(85,86)92-68-73(65-87-74(79)59-53-47-41-35-27-18-16-14-12-10-8-2)94-77(82)62-56-50-44-38-32-31-34-40-46-52-58-70(5)6/h69-73,78H,7-68H2,1-6H3,(H,83,84)(H,85,86)/t71-,72-,73-/m1/s1. The highest BCUT2D eigenvalue weighted by atomic mass is 31.2. The second kappa shape index (κ2) is 68.8. The minimum atomic E-state index is -4.96. The highest BCUT2D eigenvalue weighted by Gasteiger charge is 2.30. The molecule has 0 saturated heterocycles. The normalized spacial score (nSPS) is 14.0. The monoisotopic (exact) mass is 1410 g/mol. The Morgan fingerprint density at radius 3 is 0.708 bits per heavy atom. The van der Waals surface area contributed by atoms with E-state index in [1.807, 2.05) is 0 Å². The smallest absolute Gasteiger partial charge is 0.462 e. The van der Waals surface area contributed by atoms with E-state index in [-0.39, 0.29) is 25.7 Å². The van der Waals surface area contributed by atoms with Crippen molar-refractivity contribution in [1.82, 2.24) is 0 Å². The summed E-state index contributed by atoms with van der Waals surface area (Å²) in [6.07, 6.45) is 56.7. The molecule has 0 aliphatic rings. The van der Waals surface area contributed by atoms with Gasteiger partial charge >= 0.3 is 39.5 Å². The first-order valence-electron chi connectivity index (χ1n) is 40.0. The van der Waals surface area contributed by atoms with Crippen LogP contribution in [0.1, 0.15) is 401 Å². The lowest BCUT2D eigenvalue weighted by molar-refractivity contribution is -0.161. The second-order valence-electron chi connectivity index (χ2n) is 28.7. The van der Waals surface area contributed by atoms with Gasteiger partial charge in [0.1, 0.15) is 19.3 Å². The molecule has 2 unspecified atom stereocenters. The van der Waals surface area contributed by atoms with Gasteiger partial charge in [-0.15, -0.1) is 0 Å². The van der Waals surface area contributed by atoms with Crippen LogP contribution in [0, 0.1) is 11.8 Å². The zero-order valence-electron chi connectivity index (χ0n) is 62.7. The Morgan fingerprint density at radius 2 is 0.479 bits per heavy atom. The number of aliphatic hydroxyl groups excluding tert-OH is 1. The predicted molar refractivity (Wildman–Crippen MR) is 391 cm³/mol. The molecule has 0 aromatic rings. The molecule has 0 aliphatic heterocycles. The number of phosphoric ester groups is 2. The van der Waals surface area contributed by atoms with Gasteiger partial charge < -0.3 is 33.8 Å². The van der Waals surface area contributed by atoms with Gasteiger partial charge in [0.05, 0.1) is 26.4 Å². The number of carbonyl (C=O) groups excluding carboxylic acids is 4. The molecular formula is C77H150O17P2. The fraction of sp³-hybridized carbons (Fsp3) is 0.948. The Bertz CT molecular complexity index is 1860. The number of unbranched alkanes of at least 4 members (excludes halogenated alkanes) is 46. The van der Waals surface area contributed by atoms with Crippen molar-refractivity contribution in [1.29, 1.82) is 0 Å². The molecule has 0 aromatic carbocycles. The Balaban J connectivity index is 5.25. The van der Waals surface area contributed by atoms with Crippen molar-refractivity contribution in [3.63, 3.8) is 0 Å². The predicted octanol–water partition coefficient (Wildman–Crippen LogP) is 22.7. The summed E-state index contributed by atoms with van der Waals surface area (Å²) >= 11 is 0. The van der Waals surface area contributed by atoms with Gasteiger partial charge in [0.25, 0.3) is 0 Å². The highest BCUT2D eigenvalue weighted by Crippen LogP contribution is 2.45. The molecule has 17 nitrogen and oxygen atoms in total. The third-order valence-electron chi connectivity index (χ3n) is 18.0. The maximum atomic E-state index is 13.1. The molecule has 3 N–H and O–H groups in total. The van der Waals surface area contributed by atoms with E-state index in [9.17, 15) is 43.2 Å². The van der Waals surface area contributed by atoms with Gasteiger partial charge in [-0.2, -0.15) is 0 Å². The minimum Gasteiger partial charge on any atom is -0.462 e. The van der Waals surface area contributed by atoms with Crippen LogP contribution < -0.4 is 0 Å². The molecule has 0 bridgehead atoms. The van der Waals surface area contributed by atoms with Gasteiger partial charge in [-0.25, -0.2) is 9.13 Å². The lowest BCUT2D eigenvalue weighted by atomic mass is 10.0. The Labute approximate surface area is 588 Å². The zero-order valence-corrected chi connectivity index (χ0v) is 64.5. The van der Waals surface area contributed by atoms with Crippen LogP contribution in [0.15, 0.2) is 0 Å². The van der Waals surface area contributed by atoms with Crippen molar-refractivity contribution in [2.24, 2.45) is 11.8 Å². The summed E-state index contributed by atoms with van der Waals surface area (Å²) in [6.45, 7) is 9.62. The Morgan fingerprint density at radius 1 is 0.281 bits per heavy atom. The molecule has 0 radical (unpaired) electrons. The third-order valence-corrected chi connectivity index (χ3v) is 19.9. The van der Waals surface area contributed by atoms with E-state index in [0.717, 1.165) is 102 Å². The van der Waals surface area contributed by atoms with Crippen molar-refractivity contribution in [2.75, 3.05) is 39.6 Å². The maximum absolute atomic E-state index is 13.1. The molecule has 0 rings (SSSR count). The molecule has 5 atom stereocenters. The molecule has 0 heterocycles. The first-order chi connectivity index (χ1) is 46.4. The first-order valence-corrected chi connectivity index (χ1v) is 43.0. The molecule has 570 valence electrons. The van der Waals surface area contributed by atoms with E-state index in [4.69, 9.17) is 37.0 Å². The number of phosphoric acid groups is 2. The van der Waals surface area contributed by atoms with E-state index in [1.165, 1.54) is 218 Å². The summed E-state index contributed by atoms with van der Waals surface area (Å²) in [5, 5.41) is 10.6. The van der Waals surface area contributed by atoms with E-state index in [1.54, 1.807) is 0 Å². The summed E-state index contributed by atoms with van der Waals surface area (Å²) in [4.78, 5) is 72.9. The minimum absolute atomic E-state index is 0.106. The van der Waals surface area contributed by atoms with Crippen LogP contribution in [0.3, 0.4) is 0 Å². The van der Waals surface area contributed by atoms with Crippen molar-refractivity contribution in [3.05, 3.63) is 0 Å². The highest BCUT2D eigenvalue weighted by molar-refractivity contribution is 7.47. The quantitative estimate of drug-likeness (QED) is 0.0222. The molecule has 0 spiro atoms. The largest absolute Gasteiger partial charge is 0.472 e. The summed E-state index contributed by atoms with van der Waals surface area (Å²) in [5.41, 5.74) is 0. The summed E-state index contributed by atoms with van der Waals surface area (Å²) in [6, 6.07) is 0. The second-order valence-corrected chi connectivity index (χ2v) is 31.6. The number of esters is 4. The van der Waals surface area contributed by atoms with Gasteiger partial charge in [-0.1, -0.05) is 350 Å². The fourth-order valence-electron chi connectivity index (χ4n) is 11.8. The number of hydrogen-bond donors (Lipinski definition) is 3. The molecule has 0 fully saturated rings. The summed E-state index contributed by atoms with van der Waals surface area (Å²) in [5.74, 6) is -0.557. The van der Waals surface area contributed by atoms with Crippen molar-refractivity contribution in [2.45, 2.75) is 419 Å². The molecule has 0 aliphatic carbocycles. The SMILES string of the molecule is CCCCCCCCCCCCCCCCC(=O)OC[C@H](COP(=O)(O)OC[C@@H](O)COP(=O)(O)OC[C@@H](COC(=O)CCCCCCCCCCCCC)OC(=O)CCCCCCCCCCCCC(C)C)OC(=O)CCCCCCCCCCCCCCCCCC(C)C. The lowest BCUT2D eigenvalue weighted by Gasteiger charge is -2.21. The molecular weight excluding hydrogens is 1260 g/mol. The van der Waals surface area contributed by atoms with Gasteiger partial charge in [-0.3, -0.25) is 37.3 Å². The van der Waals surface area contributed by atoms with Crippen LogP contribution in [-0.4, -0.2) is 96.7 Å². The van der Waals surface area contributed by atoms with Crippen LogP contribution >= 0.6 is 15.6 Å². The van der Waals surface area contributed by atoms with Gasteiger partial charge in [0, 0.05) is 25.7 Å². The number of ether oxygens (including phenoxy) is 4. The van der Waals surface area contributed by atoms with Crippen molar-refractivity contribution < 1.29 is 80.2 Å².